The largest absolute Gasteiger partial charge is 0.358 e. The van der Waals surface area contributed by atoms with Crippen molar-refractivity contribution in [2.24, 2.45) is 13.0 Å². The minimum atomic E-state index is -0.589. The number of hydrogen-bond acceptors (Lipinski definition) is 5. The molecular formula is C19H24FN5O2. The molecule has 27 heavy (non-hydrogen) atoms. The third kappa shape index (κ3) is 3.70. The first-order valence-corrected chi connectivity index (χ1v) is 9.10. The molecule has 0 saturated heterocycles. The Morgan fingerprint density at radius 1 is 1.44 bits per heavy atom. The first-order chi connectivity index (χ1) is 12.8. The third-order valence-electron chi connectivity index (χ3n) is 4.62. The lowest BCUT2D eigenvalue weighted by atomic mass is 9.98. The summed E-state index contributed by atoms with van der Waals surface area (Å²) in [5, 5.41) is 9.75. The van der Waals surface area contributed by atoms with Gasteiger partial charge in [0, 0.05) is 37.3 Å². The number of nitrogens with zero attached hydrogens (tertiary/aromatic N) is 3. The highest BCUT2D eigenvalue weighted by atomic mass is 19.1. The summed E-state index contributed by atoms with van der Waals surface area (Å²) in [7, 11) is 1.76. The second-order valence-corrected chi connectivity index (χ2v) is 7.21. The minimum absolute atomic E-state index is 0.00234. The van der Waals surface area contributed by atoms with Gasteiger partial charge in [-0.2, -0.15) is 5.10 Å². The number of pyridine rings is 1. The molecule has 1 aliphatic heterocycles. The van der Waals surface area contributed by atoms with Crippen molar-refractivity contribution >= 4 is 17.5 Å². The van der Waals surface area contributed by atoms with Gasteiger partial charge in [-0.15, -0.1) is 0 Å². The number of halogens is 1. The van der Waals surface area contributed by atoms with E-state index in [1.54, 1.807) is 31.0 Å². The number of carbonyl (C=O) groups is 2. The molecular weight excluding hydrogens is 349 g/mol. The molecule has 7 nitrogen and oxygen atoms in total. The van der Waals surface area contributed by atoms with Crippen LogP contribution in [0.15, 0.2) is 12.4 Å². The van der Waals surface area contributed by atoms with E-state index in [0.717, 1.165) is 0 Å². The van der Waals surface area contributed by atoms with Gasteiger partial charge in [-0.3, -0.25) is 14.3 Å². The van der Waals surface area contributed by atoms with E-state index >= 15 is 4.39 Å². The number of aryl methyl sites for hydroxylation is 1. The fraction of sp³-hybridized carbons (Fsp3) is 0.474. The summed E-state index contributed by atoms with van der Waals surface area (Å²) in [6, 6.07) is -0.526. The van der Waals surface area contributed by atoms with Crippen molar-refractivity contribution in [1.82, 2.24) is 20.1 Å². The number of aromatic nitrogens is 3. The monoisotopic (exact) mass is 373 g/mol. The van der Waals surface area contributed by atoms with Crippen molar-refractivity contribution in [3.8, 4) is 11.3 Å². The normalized spacial score (nSPS) is 14.2. The fourth-order valence-electron chi connectivity index (χ4n) is 3.28. The maximum absolute atomic E-state index is 15.1. The summed E-state index contributed by atoms with van der Waals surface area (Å²) in [5.74, 6) is -0.686. The van der Waals surface area contributed by atoms with E-state index in [4.69, 9.17) is 0 Å². The van der Waals surface area contributed by atoms with Crippen LogP contribution < -0.4 is 10.6 Å². The van der Waals surface area contributed by atoms with Crippen LogP contribution in [-0.4, -0.2) is 32.5 Å². The molecule has 0 saturated carbocycles. The number of rotatable bonds is 7. The molecule has 144 valence electrons. The van der Waals surface area contributed by atoms with Gasteiger partial charge in [-0.1, -0.05) is 20.8 Å². The van der Waals surface area contributed by atoms with E-state index < -0.39 is 11.9 Å². The van der Waals surface area contributed by atoms with Crippen molar-refractivity contribution in [1.29, 1.82) is 0 Å². The Labute approximate surface area is 157 Å². The summed E-state index contributed by atoms with van der Waals surface area (Å²) in [6.07, 6.45) is 4.23. The molecule has 1 aliphatic rings. The van der Waals surface area contributed by atoms with E-state index in [1.807, 2.05) is 13.8 Å². The first-order valence-electron chi connectivity index (χ1n) is 9.10. The highest BCUT2D eigenvalue weighted by Gasteiger charge is 2.31. The number of hydrogen-bond donors (Lipinski definition) is 2. The van der Waals surface area contributed by atoms with Crippen molar-refractivity contribution < 1.29 is 14.0 Å². The predicted molar refractivity (Wildman–Crippen MR) is 99.7 cm³/mol. The van der Waals surface area contributed by atoms with E-state index in [2.05, 4.69) is 20.7 Å². The topological polar surface area (TPSA) is 88.9 Å². The molecule has 0 spiro atoms. The summed E-state index contributed by atoms with van der Waals surface area (Å²) in [5.41, 5.74) is 1.48. The lowest BCUT2D eigenvalue weighted by Crippen LogP contribution is -2.31. The number of amides is 1. The average molecular weight is 373 g/mol. The minimum Gasteiger partial charge on any atom is -0.358 e. The van der Waals surface area contributed by atoms with Gasteiger partial charge in [0.25, 0.3) is 5.91 Å². The molecule has 2 aromatic heterocycles. The van der Waals surface area contributed by atoms with Gasteiger partial charge in [0.1, 0.15) is 0 Å². The number of Topliss-reactive ketones (excluding diaryl/α,β-unsaturated/α-hetero) is 1. The Balaban J connectivity index is 2.08. The van der Waals surface area contributed by atoms with E-state index in [0.29, 0.717) is 24.1 Å². The van der Waals surface area contributed by atoms with Crippen LogP contribution >= 0.6 is 0 Å². The van der Waals surface area contributed by atoms with Crippen LogP contribution in [-0.2, 0) is 18.4 Å². The molecule has 1 atom stereocenters. The standard InChI is InChI=1S/C19H24FN5O2/c1-5-14(26)13(6-10(2)3)23-18-16(20)12-8-21-19(27)15(12)17(24-18)11-7-22-25(4)9-11/h7,9-10,13H,5-6,8H2,1-4H3,(H,21,27)(H,23,24)/t13-/m1/s1. The van der Waals surface area contributed by atoms with Crippen LogP contribution in [0.1, 0.15) is 49.5 Å². The maximum Gasteiger partial charge on any atom is 0.254 e. The van der Waals surface area contributed by atoms with Crippen LogP contribution in [0.3, 0.4) is 0 Å². The number of nitrogens with one attached hydrogen (secondary N) is 2. The summed E-state index contributed by atoms with van der Waals surface area (Å²) >= 11 is 0. The second kappa shape index (κ2) is 7.46. The molecule has 3 rings (SSSR count). The lowest BCUT2D eigenvalue weighted by molar-refractivity contribution is -0.119. The van der Waals surface area contributed by atoms with Crippen molar-refractivity contribution in [3.05, 3.63) is 29.3 Å². The quantitative estimate of drug-likeness (QED) is 0.779. The molecule has 0 aliphatic carbocycles. The Bertz CT molecular complexity index is 890. The molecule has 8 heteroatoms. The van der Waals surface area contributed by atoms with Crippen molar-refractivity contribution in [2.75, 3.05) is 5.32 Å². The maximum atomic E-state index is 15.1. The van der Waals surface area contributed by atoms with E-state index in [-0.39, 0.29) is 41.1 Å². The third-order valence-corrected chi connectivity index (χ3v) is 4.62. The molecule has 0 unspecified atom stereocenters. The summed E-state index contributed by atoms with van der Waals surface area (Å²) < 4.78 is 16.7. The molecule has 0 fully saturated rings. The van der Waals surface area contributed by atoms with Gasteiger partial charge in [0.15, 0.2) is 17.4 Å². The van der Waals surface area contributed by atoms with Crippen LogP contribution in [0.2, 0.25) is 0 Å². The molecule has 2 aromatic rings. The second-order valence-electron chi connectivity index (χ2n) is 7.21. The van der Waals surface area contributed by atoms with E-state index in [1.165, 1.54) is 0 Å². The molecule has 0 aromatic carbocycles. The number of carbonyl (C=O) groups excluding carboxylic acids is 2. The van der Waals surface area contributed by atoms with Gasteiger partial charge in [-0.05, 0) is 12.3 Å². The SMILES string of the molecule is CCC(=O)[C@@H](CC(C)C)Nc1nc(-c2cnn(C)c2)c2c(c1F)CNC2=O. The molecule has 0 bridgehead atoms. The van der Waals surface area contributed by atoms with Crippen LogP contribution in [0.5, 0.6) is 0 Å². The van der Waals surface area contributed by atoms with Gasteiger partial charge in [0.05, 0.1) is 23.5 Å². The predicted octanol–water partition coefficient (Wildman–Crippen LogP) is 2.67. The van der Waals surface area contributed by atoms with Crippen molar-refractivity contribution in [3.63, 3.8) is 0 Å². The summed E-state index contributed by atoms with van der Waals surface area (Å²) in [4.78, 5) is 28.9. The molecule has 0 radical (unpaired) electrons. The zero-order valence-corrected chi connectivity index (χ0v) is 16.0. The molecule has 3 heterocycles. The van der Waals surface area contributed by atoms with Crippen LogP contribution in [0.25, 0.3) is 11.3 Å². The van der Waals surface area contributed by atoms with Gasteiger partial charge >= 0.3 is 0 Å². The highest BCUT2D eigenvalue weighted by molar-refractivity contribution is 6.04. The highest BCUT2D eigenvalue weighted by Crippen LogP contribution is 2.33. The fourth-order valence-corrected chi connectivity index (χ4v) is 3.28. The zero-order chi connectivity index (χ0) is 19.7. The molecule has 2 N–H and O–H groups in total. The van der Waals surface area contributed by atoms with Gasteiger partial charge in [0.2, 0.25) is 0 Å². The Morgan fingerprint density at radius 2 is 2.19 bits per heavy atom. The van der Waals surface area contributed by atoms with E-state index in [9.17, 15) is 9.59 Å². The Kier molecular flexibility index (Phi) is 5.25. The number of ketones is 1. The summed E-state index contributed by atoms with van der Waals surface area (Å²) in [6.45, 7) is 5.90. The van der Waals surface area contributed by atoms with Gasteiger partial charge < -0.3 is 10.6 Å². The van der Waals surface area contributed by atoms with Crippen LogP contribution in [0.4, 0.5) is 10.2 Å². The Morgan fingerprint density at radius 3 is 2.78 bits per heavy atom. The lowest BCUT2D eigenvalue weighted by Gasteiger charge is -2.21. The average Bonchev–Trinajstić information content (AvgIpc) is 3.22. The smallest absolute Gasteiger partial charge is 0.254 e. The van der Waals surface area contributed by atoms with Crippen molar-refractivity contribution in [2.45, 2.75) is 46.2 Å². The number of fused-ring (bicyclic) bond motifs is 1. The first kappa shape index (κ1) is 19.0. The van der Waals surface area contributed by atoms with Gasteiger partial charge in [-0.25, -0.2) is 9.37 Å². The Hall–Kier alpha value is -2.77. The number of anilines is 1. The zero-order valence-electron chi connectivity index (χ0n) is 16.0. The van der Waals surface area contributed by atoms with Crippen LogP contribution in [0, 0.1) is 11.7 Å². The molecule has 1 amide bonds.